The minimum absolute atomic E-state index is 0.0105. The summed E-state index contributed by atoms with van der Waals surface area (Å²) in [6.07, 6.45) is -0.144. The maximum absolute atomic E-state index is 12.6. The zero-order valence-electron chi connectivity index (χ0n) is 23.7. The Bertz CT molecular complexity index is 1470. The number of aromatic carboxylic acids is 2. The molecule has 0 aliphatic heterocycles. The molecular weight excluding hydrogens is 538 g/mol. The molecule has 0 bridgehead atoms. The Hall–Kier alpha value is -5.44. The second-order valence-corrected chi connectivity index (χ2v) is 8.40. The van der Waals surface area contributed by atoms with Gasteiger partial charge in [-0.1, -0.05) is 64.1 Å². The zero-order chi connectivity index (χ0) is 31.4. The van der Waals surface area contributed by atoms with E-state index in [1.54, 1.807) is 18.2 Å². The molecular formula is C33H33NO8. The molecule has 0 saturated carbocycles. The standard InChI is InChI=1S/C29H21NO8.2C2H6/c31-24-13-16(7-8-19(24)15-25(32)18-3-1-5-21(11-18)28(35)36)17-9-10-23(26(33)14-17)30-27(34)20-4-2-6-22(12-20)29(37)38;2*1-2/h1-14,31,33H,15H2,(H,30,34)(H,35,36)(H,37,38);2*1-2H3. The van der Waals surface area contributed by atoms with Crippen LogP contribution in [0.25, 0.3) is 11.1 Å². The van der Waals surface area contributed by atoms with E-state index in [1.165, 1.54) is 66.7 Å². The number of carboxylic acids is 2. The van der Waals surface area contributed by atoms with Gasteiger partial charge in [-0.15, -0.1) is 0 Å². The van der Waals surface area contributed by atoms with E-state index in [2.05, 4.69) is 5.32 Å². The van der Waals surface area contributed by atoms with Gasteiger partial charge in [0.1, 0.15) is 11.5 Å². The minimum atomic E-state index is -1.17. The topological polar surface area (TPSA) is 161 Å². The Balaban J connectivity index is 0.00000148. The number of carboxylic acid groups (broad SMARTS) is 2. The number of ketones is 1. The van der Waals surface area contributed by atoms with E-state index < -0.39 is 17.8 Å². The summed E-state index contributed by atoms with van der Waals surface area (Å²) in [6.45, 7) is 8.00. The number of nitrogens with one attached hydrogen (secondary N) is 1. The Morgan fingerprint density at radius 3 is 1.60 bits per heavy atom. The normalized spacial score (nSPS) is 9.81. The molecule has 0 unspecified atom stereocenters. The van der Waals surface area contributed by atoms with Gasteiger partial charge in [0.05, 0.1) is 16.8 Å². The number of hydrogen-bond donors (Lipinski definition) is 5. The molecule has 218 valence electrons. The van der Waals surface area contributed by atoms with Crippen LogP contribution in [-0.2, 0) is 6.42 Å². The molecule has 9 nitrogen and oxygen atoms in total. The van der Waals surface area contributed by atoms with Crippen molar-refractivity contribution >= 4 is 29.3 Å². The number of rotatable bonds is 8. The van der Waals surface area contributed by atoms with Crippen molar-refractivity contribution in [3.05, 3.63) is 113 Å². The van der Waals surface area contributed by atoms with Gasteiger partial charge < -0.3 is 25.7 Å². The third-order valence-corrected chi connectivity index (χ3v) is 5.82. The summed E-state index contributed by atoms with van der Waals surface area (Å²) < 4.78 is 0. The summed E-state index contributed by atoms with van der Waals surface area (Å²) in [5.74, 6) is -3.67. The van der Waals surface area contributed by atoms with Crippen LogP contribution in [0.3, 0.4) is 0 Å². The van der Waals surface area contributed by atoms with E-state index in [0.29, 0.717) is 16.7 Å². The maximum atomic E-state index is 12.6. The summed E-state index contributed by atoms with van der Waals surface area (Å²) in [7, 11) is 0. The number of carbonyl (C=O) groups excluding carboxylic acids is 2. The molecule has 5 N–H and O–H groups in total. The first-order valence-corrected chi connectivity index (χ1v) is 13.3. The highest BCUT2D eigenvalue weighted by Gasteiger charge is 2.15. The van der Waals surface area contributed by atoms with Gasteiger partial charge >= 0.3 is 11.9 Å². The van der Waals surface area contributed by atoms with E-state index in [4.69, 9.17) is 10.2 Å². The van der Waals surface area contributed by atoms with Crippen LogP contribution in [0.15, 0.2) is 84.9 Å². The van der Waals surface area contributed by atoms with Gasteiger partial charge in [0.15, 0.2) is 5.78 Å². The quantitative estimate of drug-likeness (QED) is 0.113. The van der Waals surface area contributed by atoms with Crippen LogP contribution in [-0.4, -0.2) is 44.1 Å². The highest BCUT2D eigenvalue weighted by Crippen LogP contribution is 2.33. The van der Waals surface area contributed by atoms with Crippen LogP contribution >= 0.6 is 0 Å². The lowest BCUT2D eigenvalue weighted by molar-refractivity contribution is 0.0686. The number of phenols is 2. The highest BCUT2D eigenvalue weighted by molar-refractivity contribution is 6.06. The monoisotopic (exact) mass is 571 g/mol. The number of phenolic OH excluding ortho intramolecular Hbond substituents is 2. The third-order valence-electron chi connectivity index (χ3n) is 5.82. The van der Waals surface area contributed by atoms with Crippen LogP contribution in [0, 0.1) is 0 Å². The van der Waals surface area contributed by atoms with E-state index in [1.807, 2.05) is 27.7 Å². The number of amides is 1. The molecule has 42 heavy (non-hydrogen) atoms. The molecule has 0 aliphatic carbocycles. The second-order valence-electron chi connectivity index (χ2n) is 8.40. The van der Waals surface area contributed by atoms with Crippen molar-refractivity contribution in [3.63, 3.8) is 0 Å². The summed E-state index contributed by atoms with van der Waals surface area (Å²) >= 11 is 0. The van der Waals surface area contributed by atoms with Gasteiger partial charge in [-0.05, 0) is 59.7 Å². The van der Waals surface area contributed by atoms with Crippen molar-refractivity contribution in [2.75, 3.05) is 5.32 Å². The zero-order valence-corrected chi connectivity index (χ0v) is 23.7. The Morgan fingerprint density at radius 1 is 0.595 bits per heavy atom. The summed E-state index contributed by atoms with van der Waals surface area (Å²) in [5.41, 5.74) is 1.78. The minimum Gasteiger partial charge on any atom is -0.508 e. The van der Waals surface area contributed by atoms with Crippen LogP contribution in [0.4, 0.5) is 5.69 Å². The van der Waals surface area contributed by atoms with Crippen molar-refractivity contribution in [1.29, 1.82) is 0 Å². The number of Topliss-reactive ketones (excluding diaryl/α,β-unsaturated/α-hetero) is 1. The maximum Gasteiger partial charge on any atom is 0.335 e. The van der Waals surface area contributed by atoms with Gasteiger partial charge in [-0.25, -0.2) is 9.59 Å². The van der Waals surface area contributed by atoms with Crippen LogP contribution < -0.4 is 5.32 Å². The molecule has 1 amide bonds. The van der Waals surface area contributed by atoms with Gasteiger partial charge in [-0.2, -0.15) is 0 Å². The molecule has 0 aromatic heterocycles. The lowest BCUT2D eigenvalue weighted by Crippen LogP contribution is -2.13. The smallest absolute Gasteiger partial charge is 0.335 e. The van der Waals surface area contributed by atoms with Crippen molar-refractivity contribution in [1.82, 2.24) is 0 Å². The number of carbonyl (C=O) groups is 4. The predicted octanol–water partition coefficient (Wildman–Crippen LogP) is 6.89. The molecule has 4 aromatic rings. The molecule has 0 fully saturated rings. The average molecular weight is 572 g/mol. The van der Waals surface area contributed by atoms with Gasteiger partial charge in [0.2, 0.25) is 0 Å². The summed E-state index contributed by atoms with van der Waals surface area (Å²) in [6, 6.07) is 20.2. The largest absolute Gasteiger partial charge is 0.508 e. The third kappa shape index (κ3) is 8.28. The van der Waals surface area contributed by atoms with Crippen LogP contribution in [0.1, 0.15) is 74.7 Å². The first-order chi connectivity index (χ1) is 20.1. The molecule has 4 rings (SSSR count). The lowest BCUT2D eigenvalue weighted by Gasteiger charge is -2.11. The van der Waals surface area contributed by atoms with Crippen molar-refractivity contribution in [2.45, 2.75) is 34.1 Å². The molecule has 0 spiro atoms. The summed E-state index contributed by atoms with van der Waals surface area (Å²) in [5, 5.41) is 41.7. The Labute approximate surface area is 243 Å². The SMILES string of the molecule is CC.CC.O=C(O)c1cccc(C(=O)Cc2ccc(-c3ccc(NC(=O)c4cccc(C(=O)O)c4)c(O)c3)cc2O)c1. The number of anilines is 1. The fourth-order valence-electron chi connectivity index (χ4n) is 3.80. The predicted molar refractivity (Wildman–Crippen MR) is 161 cm³/mol. The van der Waals surface area contributed by atoms with E-state index >= 15 is 0 Å². The van der Waals surface area contributed by atoms with Crippen molar-refractivity contribution in [3.8, 4) is 22.6 Å². The fraction of sp³-hybridized carbons (Fsp3) is 0.152. The van der Waals surface area contributed by atoms with Gasteiger partial charge in [-0.3, -0.25) is 9.59 Å². The molecule has 0 radical (unpaired) electrons. The Kier molecular flexibility index (Phi) is 12.0. The van der Waals surface area contributed by atoms with Crippen LogP contribution in [0.5, 0.6) is 11.5 Å². The first-order valence-electron chi connectivity index (χ1n) is 13.3. The number of aromatic hydroxyl groups is 2. The van der Waals surface area contributed by atoms with E-state index in [0.717, 1.165) is 0 Å². The van der Waals surface area contributed by atoms with Gasteiger partial charge in [0.25, 0.3) is 5.91 Å². The number of hydrogen-bond acceptors (Lipinski definition) is 6. The molecule has 0 atom stereocenters. The summed E-state index contributed by atoms with van der Waals surface area (Å²) in [4.78, 5) is 47.4. The van der Waals surface area contributed by atoms with E-state index in [9.17, 15) is 29.4 Å². The second kappa shape index (κ2) is 15.4. The average Bonchev–Trinajstić information content (AvgIpc) is 3.01. The van der Waals surface area contributed by atoms with Crippen molar-refractivity contribution in [2.24, 2.45) is 0 Å². The molecule has 0 heterocycles. The fourth-order valence-corrected chi connectivity index (χ4v) is 3.80. The van der Waals surface area contributed by atoms with Crippen molar-refractivity contribution < 1.29 is 39.6 Å². The Morgan fingerprint density at radius 2 is 1.07 bits per heavy atom. The molecule has 0 aliphatic rings. The molecule has 0 saturated heterocycles. The molecule has 4 aromatic carbocycles. The first kappa shape index (κ1) is 32.8. The molecule has 9 heteroatoms. The van der Waals surface area contributed by atoms with Gasteiger partial charge in [0, 0.05) is 23.1 Å². The van der Waals surface area contributed by atoms with E-state index in [-0.39, 0.29) is 51.6 Å². The highest BCUT2D eigenvalue weighted by atomic mass is 16.4. The lowest BCUT2D eigenvalue weighted by atomic mass is 9.97. The van der Waals surface area contributed by atoms with Crippen LogP contribution in [0.2, 0.25) is 0 Å². The number of benzene rings is 4.